The molecule has 60 heavy (non-hydrogen) atoms. The number of aromatic nitrogens is 1. The molecule has 2 heterocycles. The van der Waals surface area contributed by atoms with Crippen molar-refractivity contribution in [2.24, 2.45) is 11.8 Å². The molecule has 0 bridgehead atoms. The molecule has 11 heteroatoms. The van der Waals surface area contributed by atoms with Gasteiger partial charge in [-0.1, -0.05) is 109 Å². The Bertz CT molecular complexity index is 2510. The number of halogens is 1. The van der Waals surface area contributed by atoms with Crippen molar-refractivity contribution in [1.29, 1.82) is 0 Å². The topological polar surface area (TPSA) is 126 Å². The highest BCUT2D eigenvalue weighted by Gasteiger charge is 2.66. The van der Waals surface area contributed by atoms with E-state index < -0.39 is 35.0 Å². The zero-order chi connectivity index (χ0) is 41.5. The van der Waals surface area contributed by atoms with Crippen molar-refractivity contribution in [3.8, 4) is 11.6 Å². The first-order valence-electron chi connectivity index (χ1n) is 20.4. The molecule has 306 valence electrons. The van der Waals surface area contributed by atoms with Crippen LogP contribution in [0.3, 0.4) is 0 Å². The molecule has 9 rings (SSSR count). The van der Waals surface area contributed by atoms with E-state index in [-0.39, 0.29) is 54.6 Å². The number of hydrogen-bond donors (Lipinski definition) is 2. The van der Waals surface area contributed by atoms with Crippen LogP contribution in [0.1, 0.15) is 67.5 Å². The SMILES string of the molecule is C=CCN(CC=C)[C@@H]1c2onc(OCc3ccccc3)c2C(=O)[C@@]2(O)C(=O)C3=C(O)c4c(OCc5ccccc5)cc(CN5CCc6ccccc6C5)c(Cl)c4C[C@H]3C[C@@H]12. The van der Waals surface area contributed by atoms with E-state index in [2.05, 4.69) is 47.5 Å². The number of aliphatic hydroxyl groups excluding tert-OH is 1. The van der Waals surface area contributed by atoms with Gasteiger partial charge in [0.05, 0.1) is 11.6 Å². The highest BCUT2D eigenvalue weighted by Crippen LogP contribution is 2.57. The molecule has 1 fully saturated rings. The lowest BCUT2D eigenvalue weighted by atomic mass is 9.57. The summed E-state index contributed by atoms with van der Waals surface area (Å²) in [5.74, 6) is -3.26. The highest BCUT2D eigenvalue weighted by molar-refractivity contribution is 6.33. The van der Waals surface area contributed by atoms with Crippen molar-refractivity contribution >= 4 is 28.9 Å². The van der Waals surface area contributed by atoms with Crippen LogP contribution >= 0.6 is 11.6 Å². The minimum Gasteiger partial charge on any atom is -0.507 e. The Morgan fingerprint density at radius 3 is 2.23 bits per heavy atom. The number of Topliss-reactive ketones (excluding diaryl/α,β-unsaturated/α-hetero) is 2. The molecule has 1 aliphatic heterocycles. The van der Waals surface area contributed by atoms with Crippen LogP contribution in [-0.2, 0) is 43.9 Å². The van der Waals surface area contributed by atoms with Crippen LogP contribution in [0, 0.1) is 11.8 Å². The molecule has 10 nitrogen and oxygen atoms in total. The van der Waals surface area contributed by atoms with Gasteiger partial charge in [0.25, 0.3) is 5.88 Å². The lowest BCUT2D eigenvalue weighted by Gasteiger charge is -2.50. The van der Waals surface area contributed by atoms with Gasteiger partial charge >= 0.3 is 0 Å². The number of nitrogens with zero attached hydrogens (tertiary/aromatic N) is 3. The van der Waals surface area contributed by atoms with Gasteiger partial charge in [-0.15, -0.1) is 13.2 Å². The van der Waals surface area contributed by atoms with Crippen molar-refractivity contribution in [3.05, 3.63) is 177 Å². The number of rotatable bonds is 13. The number of ether oxygens (including phenoxy) is 2. The van der Waals surface area contributed by atoms with Gasteiger partial charge in [-0.3, -0.25) is 19.4 Å². The van der Waals surface area contributed by atoms with Crippen molar-refractivity contribution in [1.82, 2.24) is 15.0 Å². The number of carbonyl (C=O) groups is 2. The first-order valence-corrected chi connectivity index (χ1v) is 20.8. The summed E-state index contributed by atoms with van der Waals surface area (Å²) in [5, 5.41) is 29.9. The summed E-state index contributed by atoms with van der Waals surface area (Å²) >= 11 is 7.39. The predicted octanol–water partition coefficient (Wildman–Crippen LogP) is 8.42. The Kier molecular flexibility index (Phi) is 10.8. The Labute approximate surface area is 354 Å². The third-order valence-electron chi connectivity index (χ3n) is 12.5. The van der Waals surface area contributed by atoms with Crippen molar-refractivity contribution < 1.29 is 33.8 Å². The second-order valence-corrected chi connectivity index (χ2v) is 16.5. The van der Waals surface area contributed by atoms with Gasteiger partial charge in [-0.05, 0) is 69.8 Å². The molecular weight excluding hydrogens is 778 g/mol. The quantitative estimate of drug-likeness (QED) is 0.0884. The van der Waals surface area contributed by atoms with E-state index in [1.165, 1.54) is 11.1 Å². The van der Waals surface area contributed by atoms with Crippen LogP contribution in [-0.4, -0.2) is 62.0 Å². The Balaban J connectivity index is 1.13. The molecule has 1 saturated carbocycles. The normalized spacial score (nSPS) is 22.0. The van der Waals surface area contributed by atoms with Crippen LogP contribution < -0.4 is 9.47 Å². The van der Waals surface area contributed by atoms with Crippen molar-refractivity contribution in [2.45, 2.75) is 57.2 Å². The zero-order valence-electron chi connectivity index (χ0n) is 33.2. The maximum atomic E-state index is 15.1. The van der Waals surface area contributed by atoms with Gasteiger partial charge < -0.3 is 24.2 Å². The summed E-state index contributed by atoms with van der Waals surface area (Å²) < 4.78 is 18.5. The number of benzene rings is 4. The molecule has 4 aromatic carbocycles. The number of fused-ring (bicyclic) bond motifs is 5. The molecular formula is C49H46ClN3O7. The van der Waals surface area contributed by atoms with Gasteiger partial charge in [-0.2, -0.15) is 0 Å². The highest BCUT2D eigenvalue weighted by atomic mass is 35.5. The van der Waals surface area contributed by atoms with Gasteiger partial charge in [0.2, 0.25) is 11.6 Å². The average molecular weight is 824 g/mol. The average Bonchev–Trinajstić information content (AvgIpc) is 3.69. The second kappa shape index (κ2) is 16.3. The molecule has 2 N–H and O–H groups in total. The number of hydrogen-bond acceptors (Lipinski definition) is 10. The fraction of sp³-hybridized carbons (Fsp3) is 0.286. The van der Waals surface area contributed by atoms with E-state index in [4.69, 9.17) is 25.6 Å². The third kappa shape index (κ3) is 6.87. The maximum Gasteiger partial charge on any atom is 0.265 e. The Morgan fingerprint density at radius 2 is 1.55 bits per heavy atom. The molecule has 0 unspecified atom stereocenters. The molecule has 5 aromatic rings. The molecule has 4 aliphatic rings. The lowest BCUT2D eigenvalue weighted by Crippen LogP contribution is -2.63. The minimum atomic E-state index is -2.59. The van der Waals surface area contributed by atoms with Gasteiger partial charge in [0, 0.05) is 49.2 Å². The lowest BCUT2D eigenvalue weighted by molar-refractivity contribution is -0.143. The summed E-state index contributed by atoms with van der Waals surface area (Å²) in [5.41, 5.74) is 3.43. The molecule has 0 spiro atoms. The van der Waals surface area contributed by atoms with Gasteiger partial charge in [-0.25, -0.2) is 0 Å². The van der Waals surface area contributed by atoms with E-state index in [1.54, 1.807) is 12.2 Å². The third-order valence-corrected chi connectivity index (χ3v) is 13.0. The standard InChI is InChI=1S/C49H46ClN3O7/c1-3-20-53(21-4-2)43-37-24-34-23-36-40(44(54)39(34)46(55)49(37,57)47(56)41-45(43)60-51-48(41)59-29-31-15-9-6-10-16-31)38(58-28-30-13-7-5-8-14-30)25-35(42(36)50)27-52-22-19-32-17-11-12-18-33(32)26-52/h3-18,25,34,37,43,54,57H,1-2,19-24,26-29H2/t34-,37-,43-,49-/m0/s1. The van der Waals surface area contributed by atoms with Crippen LogP contribution in [0.25, 0.3) is 5.76 Å². The summed E-state index contributed by atoms with van der Waals surface area (Å²) in [4.78, 5) is 34.3. The first-order chi connectivity index (χ1) is 29.2. The maximum absolute atomic E-state index is 15.1. The molecule has 4 atom stereocenters. The molecule has 3 aliphatic carbocycles. The van der Waals surface area contributed by atoms with Crippen LogP contribution in [0.2, 0.25) is 5.02 Å². The predicted molar refractivity (Wildman–Crippen MR) is 228 cm³/mol. The number of ketones is 2. The summed E-state index contributed by atoms with van der Waals surface area (Å²) in [6, 6.07) is 28.6. The fourth-order valence-corrected chi connectivity index (χ4v) is 9.98. The largest absolute Gasteiger partial charge is 0.507 e. The summed E-state index contributed by atoms with van der Waals surface area (Å²) in [6.07, 6.45) is 4.74. The molecule has 0 amide bonds. The summed E-state index contributed by atoms with van der Waals surface area (Å²) in [6.45, 7) is 11.0. The molecule has 1 aromatic heterocycles. The van der Waals surface area contributed by atoms with Crippen LogP contribution in [0.5, 0.6) is 11.6 Å². The number of aliphatic hydroxyl groups is 2. The van der Waals surface area contributed by atoms with E-state index in [0.29, 0.717) is 41.5 Å². The number of carbonyl (C=O) groups excluding carboxylic acids is 2. The molecule has 0 saturated heterocycles. The van der Waals surface area contributed by atoms with Crippen LogP contribution in [0.4, 0.5) is 0 Å². The van der Waals surface area contributed by atoms with Gasteiger partial charge in [0.1, 0.15) is 30.3 Å². The monoisotopic (exact) mass is 823 g/mol. The van der Waals surface area contributed by atoms with Gasteiger partial charge in [0.15, 0.2) is 11.4 Å². The summed E-state index contributed by atoms with van der Waals surface area (Å²) in [7, 11) is 0. The van der Waals surface area contributed by atoms with E-state index in [1.807, 2.05) is 71.6 Å². The van der Waals surface area contributed by atoms with E-state index >= 15 is 4.79 Å². The smallest absolute Gasteiger partial charge is 0.265 e. The van der Waals surface area contributed by atoms with Crippen LogP contribution in [0.15, 0.2) is 126 Å². The minimum absolute atomic E-state index is 0.0278. The Hall–Kier alpha value is -5.78. The fourth-order valence-electron chi connectivity index (χ4n) is 9.69. The Morgan fingerprint density at radius 1 is 0.900 bits per heavy atom. The first kappa shape index (κ1) is 39.7. The zero-order valence-corrected chi connectivity index (χ0v) is 33.9. The van der Waals surface area contributed by atoms with Crippen molar-refractivity contribution in [2.75, 3.05) is 19.6 Å². The van der Waals surface area contributed by atoms with Crippen molar-refractivity contribution in [3.63, 3.8) is 0 Å². The van der Waals surface area contributed by atoms with E-state index in [9.17, 15) is 15.0 Å². The molecule has 0 radical (unpaired) electrons. The van der Waals surface area contributed by atoms with E-state index in [0.717, 1.165) is 36.2 Å². The second-order valence-electron chi connectivity index (χ2n) is 16.1.